The van der Waals surface area contributed by atoms with Crippen LogP contribution in [0.25, 0.3) is 6.08 Å². The highest BCUT2D eigenvalue weighted by Gasteiger charge is 2.14. The van der Waals surface area contributed by atoms with Crippen molar-refractivity contribution in [3.05, 3.63) is 83.4 Å². The van der Waals surface area contributed by atoms with Gasteiger partial charge in [-0.2, -0.15) is 5.26 Å². The topological polar surface area (TPSA) is 136 Å². The second-order valence-corrected chi connectivity index (χ2v) is 7.64. The summed E-state index contributed by atoms with van der Waals surface area (Å²) in [5, 5.41) is 14.8. The van der Waals surface area contributed by atoms with Gasteiger partial charge in [0.1, 0.15) is 17.4 Å². The highest BCUT2D eigenvalue weighted by atomic mass is 16.5. The molecule has 0 aliphatic carbocycles. The lowest BCUT2D eigenvalue weighted by Crippen LogP contribution is -2.20. The van der Waals surface area contributed by atoms with E-state index in [-0.39, 0.29) is 12.2 Å². The van der Waals surface area contributed by atoms with Crippen LogP contribution in [0.2, 0.25) is 0 Å². The minimum absolute atomic E-state index is 0.158. The normalized spacial score (nSPS) is 10.5. The van der Waals surface area contributed by atoms with Gasteiger partial charge >= 0.3 is 5.97 Å². The average Bonchev–Trinajstić information content (AvgIpc) is 2.95. The van der Waals surface area contributed by atoms with Gasteiger partial charge in [0.2, 0.25) is 0 Å². The van der Waals surface area contributed by atoms with Crippen LogP contribution in [0.4, 0.5) is 11.4 Å². The van der Waals surface area contributed by atoms with E-state index in [9.17, 15) is 19.6 Å². The number of esters is 1. The summed E-state index contributed by atoms with van der Waals surface area (Å²) in [5.41, 5.74) is 1.58. The molecule has 0 fully saturated rings. The molecule has 0 atom stereocenters. The number of methoxy groups -OCH3 is 3. The maximum Gasteiger partial charge on any atom is 0.337 e. The molecule has 10 nitrogen and oxygen atoms in total. The maximum atomic E-state index is 12.6. The number of nitrogens with zero attached hydrogens (tertiary/aromatic N) is 1. The molecule has 0 saturated carbocycles. The molecule has 194 valence electrons. The summed E-state index contributed by atoms with van der Waals surface area (Å²) in [6.07, 6.45) is 1.39. The van der Waals surface area contributed by atoms with Crippen molar-refractivity contribution in [3.8, 4) is 23.3 Å². The molecule has 0 aliphatic rings. The number of ether oxygens (including phenoxy) is 4. The zero-order valence-corrected chi connectivity index (χ0v) is 20.9. The molecule has 0 saturated heterocycles. The maximum absolute atomic E-state index is 12.6. The third-order valence-corrected chi connectivity index (χ3v) is 5.17. The molecule has 0 unspecified atom stereocenters. The molecule has 0 radical (unpaired) electrons. The smallest absolute Gasteiger partial charge is 0.337 e. The SMILES string of the molecule is COC(=O)c1ccc(NC(=O)/C(C#N)=C\c2ccc(OCC(=O)Nc3ccccc3OC)c(OC)c2)cc1. The first-order valence-electron chi connectivity index (χ1n) is 11.2. The van der Waals surface area contributed by atoms with Crippen LogP contribution in [-0.4, -0.2) is 45.7 Å². The number of amides is 2. The number of anilines is 2. The van der Waals surface area contributed by atoms with Crippen LogP contribution >= 0.6 is 0 Å². The number of benzene rings is 3. The van der Waals surface area contributed by atoms with E-state index in [0.29, 0.717) is 39.8 Å². The second kappa shape index (κ2) is 13.1. The van der Waals surface area contributed by atoms with Crippen molar-refractivity contribution in [2.75, 3.05) is 38.6 Å². The number of nitrogens with one attached hydrogen (secondary N) is 2. The molecule has 0 spiro atoms. The molecule has 38 heavy (non-hydrogen) atoms. The zero-order chi connectivity index (χ0) is 27.5. The Labute approximate surface area is 219 Å². The van der Waals surface area contributed by atoms with Crippen molar-refractivity contribution in [2.45, 2.75) is 0 Å². The Kier molecular flexibility index (Phi) is 9.43. The summed E-state index contributed by atoms with van der Waals surface area (Å²) in [4.78, 5) is 36.5. The fraction of sp³-hybridized carbons (Fsp3) is 0.143. The van der Waals surface area contributed by atoms with Gasteiger partial charge in [-0.3, -0.25) is 9.59 Å². The summed E-state index contributed by atoms with van der Waals surface area (Å²) < 4.78 is 20.8. The van der Waals surface area contributed by atoms with Crippen LogP contribution in [0.3, 0.4) is 0 Å². The first-order valence-corrected chi connectivity index (χ1v) is 11.2. The summed E-state index contributed by atoms with van der Waals surface area (Å²) in [7, 11) is 4.21. The van der Waals surface area contributed by atoms with Gasteiger partial charge in [-0.05, 0) is 60.2 Å². The van der Waals surface area contributed by atoms with Gasteiger partial charge in [0, 0.05) is 5.69 Å². The van der Waals surface area contributed by atoms with E-state index >= 15 is 0 Å². The van der Waals surface area contributed by atoms with Crippen molar-refractivity contribution < 1.29 is 33.3 Å². The largest absolute Gasteiger partial charge is 0.495 e. The van der Waals surface area contributed by atoms with Crippen LogP contribution in [0.15, 0.2) is 72.3 Å². The fourth-order valence-electron chi connectivity index (χ4n) is 3.29. The summed E-state index contributed by atoms with van der Waals surface area (Å²) in [6.45, 7) is -0.287. The van der Waals surface area contributed by atoms with Crippen LogP contribution in [0, 0.1) is 11.3 Å². The number of rotatable bonds is 10. The van der Waals surface area contributed by atoms with Crippen LogP contribution in [-0.2, 0) is 14.3 Å². The number of para-hydroxylation sites is 2. The Morgan fingerprint density at radius 2 is 1.58 bits per heavy atom. The standard InChI is InChI=1S/C28H25N3O7/c1-35-23-7-5-4-6-22(23)31-26(32)17-38-24-13-8-18(15-25(24)36-2)14-20(16-29)27(33)30-21-11-9-19(10-12-21)28(34)37-3/h4-15H,17H2,1-3H3,(H,30,33)(H,31,32)/b20-14-. The molecule has 2 N–H and O–H groups in total. The third kappa shape index (κ3) is 7.11. The lowest BCUT2D eigenvalue weighted by atomic mass is 10.1. The minimum Gasteiger partial charge on any atom is -0.495 e. The van der Waals surface area contributed by atoms with Crippen LogP contribution in [0.5, 0.6) is 17.2 Å². The molecule has 3 rings (SSSR count). The van der Waals surface area contributed by atoms with Crippen molar-refractivity contribution in [2.24, 2.45) is 0 Å². The lowest BCUT2D eigenvalue weighted by Gasteiger charge is -2.13. The van der Waals surface area contributed by atoms with E-state index < -0.39 is 17.8 Å². The third-order valence-electron chi connectivity index (χ3n) is 5.17. The van der Waals surface area contributed by atoms with Crippen molar-refractivity contribution in [1.82, 2.24) is 0 Å². The molecule has 0 heterocycles. The molecule has 0 aliphatic heterocycles. The highest BCUT2D eigenvalue weighted by Crippen LogP contribution is 2.29. The van der Waals surface area contributed by atoms with Crippen molar-refractivity contribution in [3.63, 3.8) is 0 Å². The number of carbonyl (C=O) groups is 3. The van der Waals surface area contributed by atoms with Crippen molar-refractivity contribution >= 4 is 35.2 Å². The molecule has 2 amide bonds. The average molecular weight is 516 g/mol. The number of hydrogen-bond donors (Lipinski definition) is 2. The molecular weight excluding hydrogens is 490 g/mol. The number of carbonyl (C=O) groups excluding carboxylic acids is 3. The summed E-state index contributed by atoms with van der Waals surface area (Å²) >= 11 is 0. The zero-order valence-electron chi connectivity index (χ0n) is 20.9. The molecule has 0 bridgehead atoms. The Morgan fingerprint density at radius 3 is 2.24 bits per heavy atom. The predicted octanol–water partition coefficient (Wildman–Crippen LogP) is 4.05. The van der Waals surface area contributed by atoms with Gasteiger partial charge in [0.05, 0.1) is 32.6 Å². The molecule has 0 aromatic heterocycles. The molecule has 3 aromatic carbocycles. The first-order chi connectivity index (χ1) is 18.4. The van der Waals surface area contributed by atoms with E-state index in [0.717, 1.165) is 0 Å². The Bertz CT molecular complexity index is 1390. The summed E-state index contributed by atoms with van der Waals surface area (Å²) in [6, 6.07) is 19.7. The second-order valence-electron chi connectivity index (χ2n) is 7.64. The highest BCUT2D eigenvalue weighted by molar-refractivity contribution is 6.09. The van der Waals surface area contributed by atoms with Gasteiger partial charge < -0.3 is 29.6 Å². The fourth-order valence-corrected chi connectivity index (χ4v) is 3.29. The lowest BCUT2D eigenvalue weighted by molar-refractivity contribution is -0.118. The van der Waals surface area contributed by atoms with Gasteiger partial charge in [-0.1, -0.05) is 18.2 Å². The number of hydrogen-bond acceptors (Lipinski definition) is 8. The Morgan fingerprint density at radius 1 is 0.868 bits per heavy atom. The minimum atomic E-state index is -0.634. The van der Waals surface area contributed by atoms with E-state index in [1.165, 1.54) is 51.7 Å². The van der Waals surface area contributed by atoms with E-state index in [1.807, 2.05) is 6.07 Å². The first kappa shape index (κ1) is 27.3. The molecule has 10 heteroatoms. The van der Waals surface area contributed by atoms with E-state index in [2.05, 4.69) is 15.4 Å². The number of nitriles is 1. The van der Waals surface area contributed by atoms with Gasteiger partial charge in [0.15, 0.2) is 18.1 Å². The van der Waals surface area contributed by atoms with Crippen molar-refractivity contribution in [1.29, 1.82) is 5.26 Å². The van der Waals surface area contributed by atoms with E-state index in [4.69, 9.17) is 14.2 Å². The van der Waals surface area contributed by atoms with Gasteiger partial charge in [0.25, 0.3) is 11.8 Å². The molecular formula is C28H25N3O7. The predicted molar refractivity (Wildman–Crippen MR) is 140 cm³/mol. The van der Waals surface area contributed by atoms with Gasteiger partial charge in [-0.25, -0.2) is 4.79 Å². The Balaban J connectivity index is 1.67. The molecule has 3 aromatic rings. The summed E-state index contributed by atoms with van der Waals surface area (Å²) in [5.74, 6) is -0.411. The van der Waals surface area contributed by atoms with Crippen LogP contribution < -0.4 is 24.8 Å². The Hall–Kier alpha value is -5.30. The monoisotopic (exact) mass is 515 g/mol. The quantitative estimate of drug-likeness (QED) is 0.234. The van der Waals surface area contributed by atoms with Crippen LogP contribution in [0.1, 0.15) is 15.9 Å². The van der Waals surface area contributed by atoms with Gasteiger partial charge in [-0.15, -0.1) is 0 Å². The van der Waals surface area contributed by atoms with E-state index in [1.54, 1.807) is 42.5 Å².